The minimum absolute atomic E-state index is 0.236. The van der Waals surface area contributed by atoms with E-state index in [0.717, 1.165) is 28.5 Å². The van der Waals surface area contributed by atoms with Crippen LogP contribution in [0.3, 0.4) is 0 Å². The molecule has 0 spiro atoms. The first-order chi connectivity index (χ1) is 10.0. The minimum atomic E-state index is -3.46. The molecule has 0 radical (unpaired) electrons. The number of thiazole rings is 1. The fraction of sp³-hybridized carbons (Fsp3) is 0.462. The van der Waals surface area contributed by atoms with E-state index in [1.54, 1.807) is 11.4 Å². The standard InChI is InChI=1S/C13H19N3O2S3/c1-3-4-14-6-11-5-12(9-19-11)21(17,18)15-7-13-16-10(2)8-20-13/h5,8-9,14-15H,3-4,6-7H2,1-2H3. The maximum atomic E-state index is 12.2. The number of nitrogens with one attached hydrogen (secondary N) is 2. The SMILES string of the molecule is CCCNCc1cc(S(=O)(=O)NCc2nc(C)cs2)cs1. The zero-order valence-electron chi connectivity index (χ0n) is 12.0. The van der Waals surface area contributed by atoms with E-state index in [4.69, 9.17) is 0 Å². The monoisotopic (exact) mass is 345 g/mol. The van der Waals surface area contributed by atoms with Gasteiger partial charge >= 0.3 is 0 Å². The van der Waals surface area contributed by atoms with Gasteiger partial charge in [0.1, 0.15) is 5.01 Å². The van der Waals surface area contributed by atoms with E-state index < -0.39 is 10.0 Å². The lowest BCUT2D eigenvalue weighted by atomic mass is 10.4. The molecule has 21 heavy (non-hydrogen) atoms. The molecule has 0 bridgehead atoms. The van der Waals surface area contributed by atoms with Crippen LogP contribution in [0.5, 0.6) is 0 Å². The van der Waals surface area contributed by atoms with Crippen LogP contribution in [-0.4, -0.2) is 19.9 Å². The number of nitrogens with zero attached hydrogens (tertiary/aromatic N) is 1. The Morgan fingerprint density at radius 2 is 2.05 bits per heavy atom. The molecule has 2 rings (SSSR count). The average Bonchev–Trinajstić information content (AvgIpc) is 3.06. The molecule has 116 valence electrons. The molecule has 8 heteroatoms. The van der Waals surface area contributed by atoms with Gasteiger partial charge in [0, 0.05) is 27.9 Å². The summed E-state index contributed by atoms with van der Waals surface area (Å²) in [5.41, 5.74) is 0.911. The van der Waals surface area contributed by atoms with Crippen LogP contribution in [0.25, 0.3) is 0 Å². The predicted octanol–water partition coefficient (Wildman–Crippen LogP) is 2.49. The highest BCUT2D eigenvalue weighted by Gasteiger charge is 2.16. The van der Waals surface area contributed by atoms with Crippen molar-refractivity contribution in [2.45, 2.75) is 38.3 Å². The third kappa shape index (κ3) is 4.86. The molecule has 5 nitrogen and oxygen atoms in total. The molecular weight excluding hydrogens is 326 g/mol. The molecule has 2 N–H and O–H groups in total. The van der Waals surface area contributed by atoms with Gasteiger partial charge in [0.15, 0.2) is 0 Å². The first-order valence-corrected chi connectivity index (χ1v) is 9.94. The highest BCUT2D eigenvalue weighted by molar-refractivity contribution is 7.89. The van der Waals surface area contributed by atoms with E-state index in [1.807, 2.05) is 12.3 Å². The predicted molar refractivity (Wildman–Crippen MR) is 87.2 cm³/mol. The number of thiophene rings is 1. The second-order valence-electron chi connectivity index (χ2n) is 4.63. The fourth-order valence-corrected chi connectivity index (χ4v) is 4.74. The molecule has 2 aromatic rings. The van der Waals surface area contributed by atoms with Gasteiger partial charge in [0.05, 0.1) is 11.4 Å². The van der Waals surface area contributed by atoms with Gasteiger partial charge in [-0.2, -0.15) is 0 Å². The zero-order valence-corrected chi connectivity index (χ0v) is 14.5. The third-order valence-electron chi connectivity index (χ3n) is 2.75. The summed E-state index contributed by atoms with van der Waals surface area (Å²) >= 11 is 2.92. The van der Waals surface area contributed by atoms with Crippen molar-refractivity contribution in [1.29, 1.82) is 0 Å². The molecule has 0 amide bonds. The maximum Gasteiger partial charge on any atom is 0.241 e. The molecule has 0 saturated heterocycles. The van der Waals surface area contributed by atoms with Gasteiger partial charge in [-0.25, -0.2) is 18.1 Å². The molecule has 0 unspecified atom stereocenters. The largest absolute Gasteiger partial charge is 0.312 e. The molecule has 0 saturated carbocycles. The van der Waals surface area contributed by atoms with Crippen molar-refractivity contribution >= 4 is 32.7 Å². The van der Waals surface area contributed by atoms with Crippen molar-refractivity contribution in [2.75, 3.05) is 6.54 Å². The Morgan fingerprint density at radius 1 is 1.24 bits per heavy atom. The second kappa shape index (κ2) is 7.46. The van der Waals surface area contributed by atoms with Gasteiger partial charge in [-0.3, -0.25) is 0 Å². The first kappa shape index (κ1) is 16.6. The fourth-order valence-electron chi connectivity index (χ4n) is 1.71. The Bertz CT molecular complexity index is 676. The summed E-state index contributed by atoms with van der Waals surface area (Å²) in [6.07, 6.45) is 1.06. The van der Waals surface area contributed by atoms with Crippen molar-refractivity contribution in [3.05, 3.63) is 32.4 Å². The minimum Gasteiger partial charge on any atom is -0.312 e. The number of aryl methyl sites for hydroxylation is 1. The summed E-state index contributed by atoms with van der Waals surface area (Å²) in [6.45, 7) is 5.87. The summed E-state index contributed by atoms with van der Waals surface area (Å²) in [5.74, 6) is 0. The summed E-state index contributed by atoms with van der Waals surface area (Å²) in [5, 5.41) is 7.63. The van der Waals surface area contributed by atoms with E-state index in [1.165, 1.54) is 22.7 Å². The highest BCUT2D eigenvalue weighted by Crippen LogP contribution is 2.19. The summed E-state index contributed by atoms with van der Waals surface area (Å²) in [6, 6.07) is 1.72. The van der Waals surface area contributed by atoms with E-state index >= 15 is 0 Å². The van der Waals surface area contributed by atoms with Crippen LogP contribution >= 0.6 is 22.7 Å². The summed E-state index contributed by atoms with van der Waals surface area (Å²) in [7, 11) is -3.46. The Balaban J connectivity index is 1.95. The zero-order chi connectivity index (χ0) is 15.3. The lowest BCUT2D eigenvalue weighted by molar-refractivity contribution is 0.581. The lowest BCUT2D eigenvalue weighted by Gasteiger charge is -2.02. The van der Waals surface area contributed by atoms with Gasteiger partial charge < -0.3 is 5.32 Å². The number of hydrogen-bond acceptors (Lipinski definition) is 6. The number of sulfonamides is 1. The normalized spacial score (nSPS) is 11.9. The molecule has 0 fully saturated rings. The Labute approximate surface area is 133 Å². The average molecular weight is 346 g/mol. The van der Waals surface area contributed by atoms with Gasteiger partial charge in [0.2, 0.25) is 10.0 Å². The topological polar surface area (TPSA) is 71.1 Å². The molecule has 2 heterocycles. The van der Waals surface area contributed by atoms with E-state index in [-0.39, 0.29) is 6.54 Å². The summed E-state index contributed by atoms with van der Waals surface area (Å²) in [4.78, 5) is 5.60. The molecule has 0 atom stereocenters. The van der Waals surface area contributed by atoms with E-state index in [9.17, 15) is 8.42 Å². The van der Waals surface area contributed by atoms with E-state index in [2.05, 4.69) is 21.9 Å². The third-order valence-corrected chi connectivity index (χ3v) is 6.18. The molecule has 2 aromatic heterocycles. The van der Waals surface area contributed by atoms with Crippen molar-refractivity contribution in [2.24, 2.45) is 0 Å². The number of aromatic nitrogens is 1. The molecule has 0 aliphatic heterocycles. The van der Waals surface area contributed by atoms with Crippen molar-refractivity contribution in [3.8, 4) is 0 Å². The van der Waals surface area contributed by atoms with Crippen LogP contribution in [0, 0.1) is 6.92 Å². The Hall–Kier alpha value is -0.800. The van der Waals surface area contributed by atoms with Crippen molar-refractivity contribution in [3.63, 3.8) is 0 Å². The van der Waals surface area contributed by atoms with Gasteiger partial charge in [-0.15, -0.1) is 22.7 Å². The maximum absolute atomic E-state index is 12.2. The van der Waals surface area contributed by atoms with Crippen LogP contribution in [0.15, 0.2) is 21.7 Å². The smallest absolute Gasteiger partial charge is 0.241 e. The van der Waals surface area contributed by atoms with Gasteiger partial charge in [-0.1, -0.05) is 6.92 Å². The van der Waals surface area contributed by atoms with Crippen LogP contribution in [0.4, 0.5) is 0 Å². The highest BCUT2D eigenvalue weighted by atomic mass is 32.2. The lowest BCUT2D eigenvalue weighted by Crippen LogP contribution is -2.22. The molecular formula is C13H19N3O2S3. The van der Waals surface area contributed by atoms with Crippen LogP contribution in [0.2, 0.25) is 0 Å². The van der Waals surface area contributed by atoms with Crippen LogP contribution in [0.1, 0.15) is 28.9 Å². The number of hydrogen-bond donors (Lipinski definition) is 2. The Morgan fingerprint density at radius 3 is 2.71 bits per heavy atom. The van der Waals surface area contributed by atoms with Gasteiger partial charge in [-0.05, 0) is 26.0 Å². The molecule has 0 aromatic carbocycles. The van der Waals surface area contributed by atoms with Crippen molar-refractivity contribution in [1.82, 2.24) is 15.0 Å². The first-order valence-electron chi connectivity index (χ1n) is 6.70. The van der Waals surface area contributed by atoms with Crippen molar-refractivity contribution < 1.29 is 8.42 Å². The summed E-state index contributed by atoms with van der Waals surface area (Å²) < 4.78 is 27.0. The van der Waals surface area contributed by atoms with Crippen LogP contribution in [-0.2, 0) is 23.1 Å². The van der Waals surface area contributed by atoms with E-state index in [0.29, 0.717) is 11.4 Å². The Kier molecular flexibility index (Phi) is 5.88. The quantitative estimate of drug-likeness (QED) is 0.721. The molecule has 0 aliphatic rings. The number of rotatable bonds is 8. The molecule has 0 aliphatic carbocycles. The van der Waals surface area contributed by atoms with Gasteiger partial charge in [0.25, 0.3) is 0 Å². The van der Waals surface area contributed by atoms with Crippen LogP contribution < -0.4 is 10.0 Å². The second-order valence-corrected chi connectivity index (χ2v) is 8.34.